The summed E-state index contributed by atoms with van der Waals surface area (Å²) in [4.78, 5) is 32.2. The van der Waals surface area contributed by atoms with Gasteiger partial charge in [-0.25, -0.2) is 9.69 Å². The number of thioether (sulfide) groups is 1. The summed E-state index contributed by atoms with van der Waals surface area (Å²) in [5.41, 5.74) is -4.24. The zero-order chi connectivity index (χ0) is 21.4. The summed E-state index contributed by atoms with van der Waals surface area (Å²) in [6.45, 7) is 3.08. The monoisotopic (exact) mass is 425 g/mol. The normalized spacial score (nSPS) is 16.6. The zero-order valence-electron chi connectivity index (χ0n) is 15.6. The van der Waals surface area contributed by atoms with E-state index < -0.39 is 23.0 Å². The fourth-order valence-corrected chi connectivity index (χ4v) is 3.56. The molecule has 0 bridgehead atoms. The predicted octanol–water partition coefficient (Wildman–Crippen LogP) is 3.93. The fourth-order valence-electron chi connectivity index (χ4n) is 3.02. The van der Waals surface area contributed by atoms with Gasteiger partial charge in [-0.1, -0.05) is 0 Å². The van der Waals surface area contributed by atoms with E-state index in [2.05, 4.69) is 4.98 Å². The Kier molecular flexibility index (Phi) is 5.59. The molecular weight excluding hydrogens is 407 g/mol. The van der Waals surface area contributed by atoms with Crippen LogP contribution in [0, 0.1) is 0 Å². The van der Waals surface area contributed by atoms with Gasteiger partial charge in [0, 0.05) is 17.6 Å². The number of carbonyl (C=O) groups is 2. The second kappa shape index (κ2) is 7.68. The molecule has 3 amide bonds. The van der Waals surface area contributed by atoms with Gasteiger partial charge in [0.1, 0.15) is 5.54 Å². The molecule has 1 N–H and O–H groups in total. The lowest BCUT2D eigenvalue weighted by Gasteiger charge is -2.27. The van der Waals surface area contributed by atoms with Crippen LogP contribution in [-0.4, -0.2) is 38.0 Å². The van der Waals surface area contributed by atoms with Crippen molar-refractivity contribution in [1.29, 1.82) is 0 Å². The van der Waals surface area contributed by atoms with Gasteiger partial charge in [0.25, 0.3) is 5.91 Å². The Morgan fingerprint density at radius 3 is 2.38 bits per heavy atom. The quantitative estimate of drug-likeness (QED) is 0.580. The number of aromatic nitrogens is 1. The van der Waals surface area contributed by atoms with Crippen LogP contribution in [0.1, 0.15) is 25.1 Å². The Morgan fingerprint density at radius 1 is 1.14 bits per heavy atom. The Bertz CT molecular complexity index is 932. The molecular formula is C19H18F3N3O3S. The lowest BCUT2D eigenvalue weighted by Crippen LogP contribution is -2.43. The second-order valence-electron chi connectivity index (χ2n) is 6.92. The first-order valence-corrected chi connectivity index (χ1v) is 9.41. The van der Waals surface area contributed by atoms with Gasteiger partial charge in [0.05, 0.1) is 18.0 Å². The third-order valence-corrected chi connectivity index (χ3v) is 5.27. The van der Waals surface area contributed by atoms with Gasteiger partial charge in [-0.3, -0.25) is 9.78 Å². The second-order valence-corrected chi connectivity index (χ2v) is 8.06. The van der Waals surface area contributed by atoms with Crippen LogP contribution >= 0.6 is 11.8 Å². The molecule has 29 heavy (non-hydrogen) atoms. The smallest absolute Gasteiger partial charge is 0.390 e. The number of rotatable bonds is 5. The minimum Gasteiger partial charge on any atom is -0.390 e. The van der Waals surface area contributed by atoms with Crippen LogP contribution in [0.2, 0.25) is 0 Å². The number of urea groups is 1. The molecule has 1 aromatic carbocycles. The van der Waals surface area contributed by atoms with E-state index in [0.29, 0.717) is 11.3 Å². The Hall–Kier alpha value is -2.59. The number of hydrogen-bond acceptors (Lipinski definition) is 5. The van der Waals surface area contributed by atoms with Crippen molar-refractivity contribution >= 4 is 29.4 Å². The van der Waals surface area contributed by atoms with Crippen molar-refractivity contribution in [2.24, 2.45) is 0 Å². The highest BCUT2D eigenvalue weighted by Crippen LogP contribution is 2.38. The number of aliphatic hydroxyl groups excluding tert-OH is 1. The van der Waals surface area contributed by atoms with Gasteiger partial charge in [-0.2, -0.15) is 13.2 Å². The van der Waals surface area contributed by atoms with Crippen LogP contribution in [0.3, 0.4) is 0 Å². The predicted molar refractivity (Wildman–Crippen MR) is 101 cm³/mol. The number of alkyl halides is 3. The summed E-state index contributed by atoms with van der Waals surface area (Å²) >= 11 is -0.266. The molecule has 0 saturated carbocycles. The number of amides is 3. The van der Waals surface area contributed by atoms with Gasteiger partial charge >= 0.3 is 11.5 Å². The van der Waals surface area contributed by atoms with Gasteiger partial charge in [0.2, 0.25) is 0 Å². The molecule has 1 aromatic heterocycles. The van der Waals surface area contributed by atoms with Crippen molar-refractivity contribution in [3.05, 3.63) is 53.9 Å². The largest absolute Gasteiger partial charge is 0.446 e. The summed E-state index contributed by atoms with van der Waals surface area (Å²) in [7, 11) is 0. The molecule has 1 aliphatic rings. The summed E-state index contributed by atoms with van der Waals surface area (Å²) in [5, 5.41) is 9.23. The fraction of sp³-hybridized carbons (Fsp3) is 0.316. The van der Waals surface area contributed by atoms with Gasteiger partial charge in [0.15, 0.2) is 0 Å². The van der Waals surface area contributed by atoms with E-state index in [1.54, 1.807) is 26.0 Å². The van der Waals surface area contributed by atoms with Crippen molar-refractivity contribution in [1.82, 2.24) is 9.88 Å². The Balaban J connectivity index is 1.86. The summed E-state index contributed by atoms with van der Waals surface area (Å²) in [6, 6.07) is 7.83. The van der Waals surface area contributed by atoms with E-state index in [0.717, 1.165) is 4.90 Å². The highest BCUT2D eigenvalue weighted by molar-refractivity contribution is 8.00. The van der Waals surface area contributed by atoms with Crippen LogP contribution < -0.4 is 4.90 Å². The van der Waals surface area contributed by atoms with E-state index in [1.807, 2.05) is 0 Å². The number of anilines is 1. The number of nitrogens with zero attached hydrogens (tertiary/aromatic N) is 3. The van der Waals surface area contributed by atoms with Gasteiger partial charge in [-0.15, -0.1) is 0 Å². The van der Waals surface area contributed by atoms with Crippen molar-refractivity contribution in [2.45, 2.75) is 42.9 Å². The van der Waals surface area contributed by atoms with Crippen molar-refractivity contribution in [3.8, 4) is 0 Å². The first-order valence-electron chi connectivity index (χ1n) is 8.59. The van der Waals surface area contributed by atoms with Crippen LogP contribution in [0.25, 0.3) is 0 Å². The standard InChI is InChI=1S/C19H18F3N3O3S/c1-18(2)16(27)25(14-3-5-15(6-4-14)29-19(20,21)22)17(28)24(18)10-12-7-8-23-13(9-12)11-26/h3-9,26H,10-11H2,1-2H3. The number of pyridine rings is 1. The van der Waals surface area contributed by atoms with E-state index in [-0.39, 0.29) is 35.5 Å². The van der Waals surface area contributed by atoms with Crippen LogP contribution in [0.15, 0.2) is 47.5 Å². The Morgan fingerprint density at radius 2 is 1.79 bits per heavy atom. The molecule has 10 heteroatoms. The van der Waals surface area contributed by atoms with E-state index in [9.17, 15) is 27.9 Å². The minimum absolute atomic E-state index is 0.0372. The number of aliphatic hydroxyl groups is 1. The molecule has 1 aliphatic heterocycles. The lowest BCUT2D eigenvalue weighted by atomic mass is 10.0. The number of benzene rings is 1. The van der Waals surface area contributed by atoms with Gasteiger partial charge < -0.3 is 10.0 Å². The maximum Gasteiger partial charge on any atom is 0.446 e. The topological polar surface area (TPSA) is 73.7 Å². The highest BCUT2D eigenvalue weighted by Gasteiger charge is 2.51. The van der Waals surface area contributed by atoms with E-state index >= 15 is 0 Å². The summed E-state index contributed by atoms with van der Waals surface area (Å²) < 4.78 is 37.5. The molecule has 0 aliphatic carbocycles. The van der Waals surface area contributed by atoms with Crippen molar-refractivity contribution in [2.75, 3.05) is 4.90 Å². The van der Waals surface area contributed by atoms with Crippen LogP contribution in [0.4, 0.5) is 23.7 Å². The SMILES string of the molecule is CC1(C)C(=O)N(c2ccc(SC(F)(F)F)cc2)C(=O)N1Cc1ccnc(CO)c1. The third kappa shape index (κ3) is 4.38. The Labute approximate surface area is 169 Å². The molecule has 154 valence electrons. The maximum atomic E-state index is 13.0. The van der Waals surface area contributed by atoms with Crippen molar-refractivity contribution in [3.63, 3.8) is 0 Å². The molecule has 2 heterocycles. The van der Waals surface area contributed by atoms with Crippen LogP contribution in [0.5, 0.6) is 0 Å². The first-order chi connectivity index (χ1) is 13.5. The third-order valence-electron chi connectivity index (χ3n) is 4.54. The molecule has 0 spiro atoms. The van der Waals surface area contributed by atoms with E-state index in [4.69, 9.17) is 0 Å². The molecule has 0 radical (unpaired) electrons. The molecule has 3 rings (SSSR count). The summed E-state index contributed by atoms with van der Waals surface area (Å²) in [5.74, 6) is -0.477. The van der Waals surface area contributed by atoms with E-state index in [1.165, 1.54) is 35.4 Å². The molecule has 0 atom stereocenters. The molecule has 1 saturated heterocycles. The number of hydrogen-bond donors (Lipinski definition) is 1. The first kappa shape index (κ1) is 21.1. The maximum absolute atomic E-state index is 13.0. The lowest BCUT2D eigenvalue weighted by molar-refractivity contribution is -0.123. The van der Waals surface area contributed by atoms with Crippen molar-refractivity contribution < 1.29 is 27.9 Å². The number of halogens is 3. The molecule has 1 fully saturated rings. The summed E-state index contributed by atoms with van der Waals surface area (Å²) in [6.07, 6.45) is 1.51. The molecule has 2 aromatic rings. The van der Waals surface area contributed by atoms with Crippen LogP contribution in [-0.2, 0) is 17.9 Å². The minimum atomic E-state index is -4.42. The average Bonchev–Trinajstić information content (AvgIpc) is 2.81. The molecule has 0 unspecified atom stereocenters. The van der Waals surface area contributed by atoms with Gasteiger partial charge in [-0.05, 0) is 67.6 Å². The highest BCUT2D eigenvalue weighted by atomic mass is 32.2. The molecule has 6 nitrogen and oxygen atoms in total. The number of imide groups is 1. The number of carbonyl (C=O) groups excluding carboxylic acids is 2. The zero-order valence-corrected chi connectivity index (χ0v) is 16.4. The average molecular weight is 425 g/mol.